The molecule has 94 valence electrons. The van der Waals surface area contributed by atoms with Crippen molar-refractivity contribution in [3.8, 4) is 11.5 Å². The van der Waals surface area contributed by atoms with Gasteiger partial charge in [-0.05, 0) is 18.6 Å². The molecule has 0 radical (unpaired) electrons. The Kier molecular flexibility index (Phi) is 3.04. The van der Waals surface area contributed by atoms with Crippen molar-refractivity contribution in [3.63, 3.8) is 0 Å². The van der Waals surface area contributed by atoms with E-state index in [0.29, 0.717) is 18.3 Å². The number of hydrogen-bond donors (Lipinski definition) is 1. The molecule has 0 bridgehead atoms. The Bertz CT molecular complexity index is 512. The van der Waals surface area contributed by atoms with Crippen LogP contribution in [-0.4, -0.2) is 39.2 Å². The van der Waals surface area contributed by atoms with E-state index in [0.717, 1.165) is 25.2 Å². The van der Waals surface area contributed by atoms with Gasteiger partial charge >= 0.3 is 0 Å². The number of pyridine rings is 1. The Morgan fingerprint density at radius 3 is 3.11 bits per heavy atom. The monoisotopic (exact) mass is 245 g/mol. The molecule has 1 aliphatic heterocycles. The van der Waals surface area contributed by atoms with Crippen molar-refractivity contribution in [2.75, 3.05) is 13.1 Å². The van der Waals surface area contributed by atoms with Crippen LogP contribution in [0.1, 0.15) is 12.3 Å². The summed E-state index contributed by atoms with van der Waals surface area (Å²) in [6, 6.07) is 5.89. The molecule has 1 saturated heterocycles. The summed E-state index contributed by atoms with van der Waals surface area (Å²) in [4.78, 5) is 10.8. The zero-order chi connectivity index (χ0) is 12.4. The van der Waals surface area contributed by atoms with Crippen molar-refractivity contribution in [1.29, 1.82) is 0 Å². The molecule has 6 heteroatoms. The number of hydrogen-bond acceptors (Lipinski definition) is 6. The number of rotatable bonds is 3. The quantitative estimate of drug-likeness (QED) is 0.855. The average Bonchev–Trinajstić information content (AvgIpc) is 3.01. The Morgan fingerprint density at radius 2 is 2.39 bits per heavy atom. The molecule has 1 aliphatic rings. The minimum atomic E-state index is 0.267. The second-order valence-electron chi connectivity index (χ2n) is 4.51. The fourth-order valence-corrected chi connectivity index (χ4v) is 2.12. The van der Waals surface area contributed by atoms with E-state index in [1.807, 2.05) is 18.2 Å². The second kappa shape index (κ2) is 4.83. The number of nitrogens with zero attached hydrogens (tertiary/aromatic N) is 4. The summed E-state index contributed by atoms with van der Waals surface area (Å²) in [5, 5.41) is 3.94. The lowest BCUT2D eigenvalue weighted by atomic mass is 10.3. The minimum absolute atomic E-state index is 0.267. The van der Waals surface area contributed by atoms with Gasteiger partial charge in [-0.2, -0.15) is 4.98 Å². The summed E-state index contributed by atoms with van der Waals surface area (Å²) in [5.41, 5.74) is 6.58. The molecule has 3 rings (SSSR count). The first-order valence-electron chi connectivity index (χ1n) is 6.03. The van der Waals surface area contributed by atoms with E-state index in [9.17, 15) is 0 Å². The first kappa shape index (κ1) is 11.3. The van der Waals surface area contributed by atoms with E-state index in [1.54, 1.807) is 6.20 Å². The summed E-state index contributed by atoms with van der Waals surface area (Å²) in [6.07, 6.45) is 2.74. The third-order valence-corrected chi connectivity index (χ3v) is 3.03. The lowest BCUT2D eigenvalue weighted by Crippen LogP contribution is -2.26. The molecule has 2 aromatic rings. The standard InChI is InChI=1S/C12H15N5O/c13-9-4-6-17(7-9)8-11-15-12(16-18-11)10-3-1-2-5-14-10/h1-3,5,9H,4,6-8,13H2/t9-/m1/s1. The molecule has 18 heavy (non-hydrogen) atoms. The van der Waals surface area contributed by atoms with Crippen molar-refractivity contribution in [3.05, 3.63) is 30.3 Å². The highest BCUT2D eigenvalue weighted by Crippen LogP contribution is 2.15. The Hall–Kier alpha value is -1.79. The van der Waals surface area contributed by atoms with Crippen LogP contribution in [-0.2, 0) is 6.54 Å². The average molecular weight is 245 g/mol. The predicted molar refractivity (Wildman–Crippen MR) is 65.4 cm³/mol. The third-order valence-electron chi connectivity index (χ3n) is 3.03. The normalized spacial score (nSPS) is 20.4. The van der Waals surface area contributed by atoms with Crippen LogP contribution in [0.5, 0.6) is 0 Å². The first-order valence-corrected chi connectivity index (χ1v) is 6.03. The maximum absolute atomic E-state index is 5.86. The fourth-order valence-electron chi connectivity index (χ4n) is 2.12. The summed E-state index contributed by atoms with van der Waals surface area (Å²) in [6.45, 7) is 2.54. The Balaban J connectivity index is 1.70. The molecular formula is C12H15N5O. The molecule has 0 aromatic carbocycles. The SMILES string of the molecule is N[C@@H]1CCN(Cc2nc(-c3ccccn3)no2)C1. The van der Waals surface area contributed by atoms with Gasteiger partial charge in [-0.1, -0.05) is 11.2 Å². The van der Waals surface area contributed by atoms with Gasteiger partial charge in [-0.3, -0.25) is 9.88 Å². The van der Waals surface area contributed by atoms with Gasteiger partial charge in [0, 0.05) is 25.3 Å². The second-order valence-corrected chi connectivity index (χ2v) is 4.51. The predicted octanol–water partition coefficient (Wildman–Crippen LogP) is 0.665. The lowest BCUT2D eigenvalue weighted by Gasteiger charge is -2.10. The van der Waals surface area contributed by atoms with E-state index in [-0.39, 0.29) is 6.04 Å². The van der Waals surface area contributed by atoms with Gasteiger partial charge in [-0.25, -0.2) is 0 Å². The smallest absolute Gasteiger partial charge is 0.241 e. The Labute approximate surface area is 105 Å². The largest absolute Gasteiger partial charge is 0.337 e. The third kappa shape index (κ3) is 2.39. The van der Waals surface area contributed by atoms with Gasteiger partial charge in [0.15, 0.2) is 0 Å². The van der Waals surface area contributed by atoms with E-state index < -0.39 is 0 Å². The van der Waals surface area contributed by atoms with Crippen molar-refractivity contribution in [2.24, 2.45) is 5.73 Å². The highest BCUT2D eigenvalue weighted by Gasteiger charge is 2.21. The molecule has 6 nitrogen and oxygen atoms in total. The summed E-state index contributed by atoms with van der Waals surface area (Å²) in [5.74, 6) is 1.15. The molecular weight excluding hydrogens is 230 g/mol. The zero-order valence-corrected chi connectivity index (χ0v) is 9.99. The molecule has 1 fully saturated rings. The number of likely N-dealkylation sites (tertiary alicyclic amines) is 1. The van der Waals surface area contributed by atoms with Gasteiger partial charge in [0.1, 0.15) is 5.69 Å². The maximum Gasteiger partial charge on any atom is 0.241 e. The van der Waals surface area contributed by atoms with E-state index in [1.165, 1.54) is 0 Å². The van der Waals surface area contributed by atoms with Crippen LogP contribution in [0.15, 0.2) is 28.9 Å². The van der Waals surface area contributed by atoms with Crippen molar-refractivity contribution >= 4 is 0 Å². The summed E-state index contributed by atoms with van der Waals surface area (Å²) >= 11 is 0. The molecule has 2 aromatic heterocycles. The molecule has 0 amide bonds. The van der Waals surface area contributed by atoms with Crippen molar-refractivity contribution in [1.82, 2.24) is 20.0 Å². The van der Waals surface area contributed by atoms with Crippen molar-refractivity contribution in [2.45, 2.75) is 19.0 Å². The van der Waals surface area contributed by atoms with E-state index in [2.05, 4.69) is 20.0 Å². The van der Waals surface area contributed by atoms with Crippen LogP contribution in [0, 0.1) is 0 Å². The van der Waals surface area contributed by atoms with Gasteiger partial charge in [-0.15, -0.1) is 0 Å². The first-order chi connectivity index (χ1) is 8.81. The van der Waals surface area contributed by atoms with Crippen LogP contribution < -0.4 is 5.73 Å². The van der Waals surface area contributed by atoms with Gasteiger partial charge in [0.25, 0.3) is 0 Å². The highest BCUT2D eigenvalue weighted by atomic mass is 16.5. The van der Waals surface area contributed by atoms with Crippen LogP contribution in [0.3, 0.4) is 0 Å². The topological polar surface area (TPSA) is 81.1 Å². The van der Waals surface area contributed by atoms with Crippen LogP contribution >= 0.6 is 0 Å². The minimum Gasteiger partial charge on any atom is -0.337 e. The summed E-state index contributed by atoms with van der Waals surface area (Å²) < 4.78 is 5.23. The Morgan fingerprint density at radius 1 is 1.44 bits per heavy atom. The van der Waals surface area contributed by atoms with Gasteiger partial charge < -0.3 is 10.3 Å². The van der Waals surface area contributed by atoms with Crippen LogP contribution in [0.25, 0.3) is 11.5 Å². The van der Waals surface area contributed by atoms with Crippen LogP contribution in [0.2, 0.25) is 0 Å². The molecule has 1 atom stereocenters. The molecule has 3 heterocycles. The van der Waals surface area contributed by atoms with Gasteiger partial charge in [0.05, 0.1) is 6.54 Å². The van der Waals surface area contributed by atoms with Crippen molar-refractivity contribution < 1.29 is 4.52 Å². The molecule has 0 aliphatic carbocycles. The molecule has 2 N–H and O–H groups in total. The fraction of sp³-hybridized carbons (Fsp3) is 0.417. The molecule has 0 unspecified atom stereocenters. The van der Waals surface area contributed by atoms with E-state index >= 15 is 0 Å². The van der Waals surface area contributed by atoms with Crippen LogP contribution in [0.4, 0.5) is 0 Å². The maximum atomic E-state index is 5.86. The lowest BCUT2D eigenvalue weighted by molar-refractivity contribution is 0.265. The highest BCUT2D eigenvalue weighted by molar-refractivity contribution is 5.46. The molecule has 0 saturated carbocycles. The zero-order valence-electron chi connectivity index (χ0n) is 9.99. The molecule has 0 spiro atoms. The van der Waals surface area contributed by atoms with E-state index in [4.69, 9.17) is 10.3 Å². The number of aromatic nitrogens is 3. The number of nitrogens with two attached hydrogens (primary N) is 1. The van der Waals surface area contributed by atoms with Gasteiger partial charge in [0.2, 0.25) is 11.7 Å². The summed E-state index contributed by atoms with van der Waals surface area (Å²) in [7, 11) is 0.